The lowest BCUT2D eigenvalue weighted by molar-refractivity contribution is 0.959. The van der Waals surface area contributed by atoms with Gasteiger partial charge >= 0.3 is 0 Å². The highest BCUT2D eigenvalue weighted by molar-refractivity contribution is 6.03. The summed E-state index contributed by atoms with van der Waals surface area (Å²) in [6.45, 7) is 5.80. The molecule has 0 aromatic rings. The highest BCUT2D eigenvalue weighted by atomic mass is 14.7. The van der Waals surface area contributed by atoms with Crippen molar-refractivity contribution in [3.63, 3.8) is 0 Å². The zero-order valence-corrected chi connectivity index (χ0v) is 7.96. The van der Waals surface area contributed by atoms with E-state index in [0.29, 0.717) is 0 Å². The van der Waals surface area contributed by atoms with E-state index in [-0.39, 0.29) is 0 Å². The van der Waals surface area contributed by atoms with Crippen LogP contribution in [0.2, 0.25) is 0 Å². The Bertz CT molecular complexity index is 197. The average molecular weight is 163 g/mol. The van der Waals surface area contributed by atoms with E-state index in [2.05, 4.69) is 24.6 Å². The molecule has 0 N–H and O–H groups in total. The summed E-state index contributed by atoms with van der Waals surface area (Å²) in [5, 5.41) is 0. The van der Waals surface area contributed by atoms with E-state index >= 15 is 0 Å². The zero-order valence-electron chi connectivity index (χ0n) is 7.96. The summed E-state index contributed by atoms with van der Waals surface area (Å²) in [5.74, 6) is 0. The van der Waals surface area contributed by atoms with Crippen molar-refractivity contribution in [3.05, 3.63) is 37.0 Å². The Morgan fingerprint density at radius 2 is 2.17 bits per heavy atom. The predicted octanol–water partition coefficient (Wildman–Crippen LogP) is 3.16. The largest absolute Gasteiger partial charge is 0.289 e. The van der Waals surface area contributed by atoms with Crippen molar-refractivity contribution in [1.82, 2.24) is 0 Å². The van der Waals surface area contributed by atoms with Gasteiger partial charge in [-0.1, -0.05) is 38.2 Å². The Hall–Kier alpha value is -1.11. The first kappa shape index (κ1) is 10.9. The second kappa shape index (κ2) is 7.99. The summed E-state index contributed by atoms with van der Waals surface area (Å²) in [4.78, 5) is 4.00. The molecule has 1 heteroatoms. The first-order valence-electron chi connectivity index (χ1n) is 4.27. The van der Waals surface area contributed by atoms with Gasteiger partial charge in [0.05, 0.1) is 5.71 Å². The van der Waals surface area contributed by atoms with Crippen LogP contribution in [-0.4, -0.2) is 12.8 Å². The van der Waals surface area contributed by atoms with E-state index in [1.165, 1.54) is 6.42 Å². The van der Waals surface area contributed by atoms with Crippen molar-refractivity contribution in [3.8, 4) is 0 Å². The third kappa shape index (κ3) is 5.66. The van der Waals surface area contributed by atoms with Gasteiger partial charge in [-0.25, -0.2) is 0 Å². The molecule has 0 radical (unpaired) electrons. The zero-order chi connectivity index (χ0) is 9.23. The minimum Gasteiger partial charge on any atom is -0.289 e. The van der Waals surface area contributed by atoms with Crippen molar-refractivity contribution < 1.29 is 0 Å². The summed E-state index contributed by atoms with van der Waals surface area (Å²) in [6.07, 6.45) is 12.2. The van der Waals surface area contributed by atoms with Crippen molar-refractivity contribution in [2.75, 3.05) is 7.05 Å². The minimum absolute atomic E-state index is 0.913. The van der Waals surface area contributed by atoms with Crippen LogP contribution in [0.5, 0.6) is 0 Å². The molecule has 0 saturated carbocycles. The lowest BCUT2D eigenvalue weighted by atomic mass is 10.3. The Balaban J connectivity index is 3.82. The van der Waals surface area contributed by atoms with Gasteiger partial charge in [0.2, 0.25) is 0 Å². The normalized spacial score (nSPS) is 13.0. The molecule has 0 saturated heterocycles. The molecule has 0 atom stereocenters. The van der Waals surface area contributed by atoms with Crippen LogP contribution in [0.3, 0.4) is 0 Å². The molecular formula is C11H17N. The van der Waals surface area contributed by atoms with E-state index in [4.69, 9.17) is 0 Å². The maximum absolute atomic E-state index is 4.00. The van der Waals surface area contributed by atoms with Crippen LogP contribution in [0.1, 0.15) is 19.8 Å². The Kier molecular flexibility index (Phi) is 7.25. The second-order valence-corrected chi connectivity index (χ2v) is 2.43. The van der Waals surface area contributed by atoms with E-state index in [9.17, 15) is 0 Å². The molecule has 66 valence electrons. The first-order chi connectivity index (χ1) is 5.85. The van der Waals surface area contributed by atoms with Crippen LogP contribution in [-0.2, 0) is 0 Å². The fraction of sp³-hybridized carbons (Fsp3) is 0.364. The molecular weight excluding hydrogens is 146 g/mol. The van der Waals surface area contributed by atoms with Crippen LogP contribution in [0.25, 0.3) is 0 Å². The first-order valence-corrected chi connectivity index (χ1v) is 4.27. The number of nitrogens with zero attached hydrogens (tertiary/aromatic N) is 1. The van der Waals surface area contributed by atoms with Crippen molar-refractivity contribution >= 4 is 5.71 Å². The monoisotopic (exact) mass is 163 g/mol. The van der Waals surface area contributed by atoms with Crippen molar-refractivity contribution in [1.29, 1.82) is 0 Å². The summed E-state index contributed by atoms with van der Waals surface area (Å²) < 4.78 is 0. The van der Waals surface area contributed by atoms with Crippen molar-refractivity contribution in [2.45, 2.75) is 19.8 Å². The molecule has 12 heavy (non-hydrogen) atoms. The average Bonchev–Trinajstić information content (AvgIpc) is 2.11. The topological polar surface area (TPSA) is 12.4 Å². The van der Waals surface area contributed by atoms with Crippen LogP contribution in [0.15, 0.2) is 42.0 Å². The smallest absolute Gasteiger partial charge is 0.0564 e. The lowest BCUT2D eigenvalue weighted by Gasteiger charge is -1.86. The van der Waals surface area contributed by atoms with E-state index in [0.717, 1.165) is 12.1 Å². The van der Waals surface area contributed by atoms with Gasteiger partial charge in [0, 0.05) is 7.05 Å². The number of rotatable bonds is 5. The molecule has 0 fully saturated rings. The number of unbranched alkanes of at least 4 members (excludes halogenated alkanes) is 1. The van der Waals surface area contributed by atoms with Crippen LogP contribution in [0.4, 0.5) is 0 Å². The molecule has 0 spiro atoms. The van der Waals surface area contributed by atoms with Gasteiger partial charge in [0.15, 0.2) is 0 Å². The van der Waals surface area contributed by atoms with Gasteiger partial charge in [-0.05, 0) is 18.6 Å². The molecule has 0 aromatic heterocycles. The molecule has 0 aliphatic heterocycles. The molecule has 0 aromatic carbocycles. The molecule has 0 aliphatic carbocycles. The summed E-state index contributed by atoms with van der Waals surface area (Å²) in [6, 6.07) is 0. The fourth-order valence-electron chi connectivity index (χ4n) is 0.729. The SMILES string of the molecule is C=CC(/C=C\C=C/CCC)=N/C. The third-order valence-corrected chi connectivity index (χ3v) is 1.44. The molecule has 0 aliphatic rings. The Morgan fingerprint density at radius 3 is 2.67 bits per heavy atom. The molecule has 0 heterocycles. The fourth-order valence-corrected chi connectivity index (χ4v) is 0.729. The van der Waals surface area contributed by atoms with E-state index in [1.54, 1.807) is 13.1 Å². The maximum atomic E-state index is 4.00. The Labute approximate surface area is 75.2 Å². The predicted molar refractivity (Wildman–Crippen MR) is 56.7 cm³/mol. The second-order valence-electron chi connectivity index (χ2n) is 2.43. The van der Waals surface area contributed by atoms with E-state index < -0.39 is 0 Å². The maximum Gasteiger partial charge on any atom is 0.0564 e. The van der Waals surface area contributed by atoms with Gasteiger partial charge in [-0.3, -0.25) is 4.99 Å². The van der Waals surface area contributed by atoms with Gasteiger partial charge < -0.3 is 0 Å². The molecule has 0 rings (SSSR count). The molecule has 0 amide bonds. The molecule has 1 nitrogen and oxygen atoms in total. The standard InChI is InChI=1S/C11H17N/c1-4-6-7-8-9-10-11(5-2)12-3/h5,7-10H,2,4,6H2,1,3H3/b8-7-,10-9-,12-11-. The van der Waals surface area contributed by atoms with Gasteiger partial charge in [-0.2, -0.15) is 0 Å². The van der Waals surface area contributed by atoms with Gasteiger partial charge in [0.25, 0.3) is 0 Å². The number of hydrogen-bond acceptors (Lipinski definition) is 1. The number of hydrogen-bond donors (Lipinski definition) is 0. The van der Waals surface area contributed by atoms with Crippen LogP contribution in [0, 0.1) is 0 Å². The summed E-state index contributed by atoms with van der Waals surface area (Å²) in [7, 11) is 1.76. The minimum atomic E-state index is 0.913. The highest BCUT2D eigenvalue weighted by Gasteiger charge is 1.78. The Morgan fingerprint density at radius 1 is 1.42 bits per heavy atom. The quantitative estimate of drug-likeness (QED) is 0.436. The van der Waals surface area contributed by atoms with Crippen molar-refractivity contribution in [2.24, 2.45) is 4.99 Å². The number of aliphatic imine (C=N–C) groups is 1. The highest BCUT2D eigenvalue weighted by Crippen LogP contribution is 1.89. The molecule has 0 unspecified atom stereocenters. The van der Waals surface area contributed by atoms with E-state index in [1.807, 2.05) is 18.2 Å². The van der Waals surface area contributed by atoms with Crippen LogP contribution < -0.4 is 0 Å². The summed E-state index contributed by atoms with van der Waals surface area (Å²) in [5.41, 5.74) is 0.913. The van der Waals surface area contributed by atoms with Gasteiger partial charge in [0.1, 0.15) is 0 Å². The van der Waals surface area contributed by atoms with Gasteiger partial charge in [-0.15, -0.1) is 0 Å². The van der Waals surface area contributed by atoms with Crippen LogP contribution >= 0.6 is 0 Å². The summed E-state index contributed by atoms with van der Waals surface area (Å²) >= 11 is 0. The number of allylic oxidation sites excluding steroid dienone is 5. The third-order valence-electron chi connectivity index (χ3n) is 1.44. The molecule has 0 bridgehead atoms. The lowest BCUT2D eigenvalue weighted by Crippen LogP contribution is -1.83.